The molecular formula is C33H26N2O5. The minimum Gasteiger partial charge on any atom is -0.289 e. The molecule has 0 saturated heterocycles. The van der Waals surface area contributed by atoms with Gasteiger partial charge < -0.3 is 0 Å². The SMILES string of the molecule is C=C(C)C(=O)c1cc(-c2ccc(-c3ccc(N4C(=O)C=CC4=O)cc3)cc2)cc(N2C(=O)C=CC2=O)c1CCC. The molecule has 0 saturated carbocycles. The first kappa shape index (κ1) is 26.4. The molecule has 0 unspecified atom stereocenters. The summed E-state index contributed by atoms with van der Waals surface area (Å²) in [7, 11) is 0. The number of benzene rings is 3. The van der Waals surface area contributed by atoms with Crippen molar-refractivity contribution in [1.82, 2.24) is 0 Å². The third kappa shape index (κ3) is 4.73. The molecule has 0 bridgehead atoms. The van der Waals surface area contributed by atoms with E-state index in [0.29, 0.717) is 40.1 Å². The van der Waals surface area contributed by atoms with Crippen molar-refractivity contribution in [3.63, 3.8) is 0 Å². The van der Waals surface area contributed by atoms with Gasteiger partial charge in [0.25, 0.3) is 23.6 Å². The molecule has 4 amide bonds. The summed E-state index contributed by atoms with van der Waals surface area (Å²) in [5.74, 6) is -1.87. The highest BCUT2D eigenvalue weighted by atomic mass is 16.2. The van der Waals surface area contributed by atoms with Gasteiger partial charge in [0.15, 0.2) is 5.78 Å². The summed E-state index contributed by atoms with van der Waals surface area (Å²) in [5.41, 5.74) is 5.62. The fourth-order valence-corrected chi connectivity index (χ4v) is 4.92. The van der Waals surface area contributed by atoms with E-state index in [9.17, 15) is 24.0 Å². The molecule has 7 heteroatoms. The minimum atomic E-state index is -0.444. The van der Waals surface area contributed by atoms with Crippen LogP contribution in [0.1, 0.15) is 36.2 Å². The molecule has 0 aromatic heterocycles. The summed E-state index contributed by atoms with van der Waals surface area (Å²) in [6.07, 6.45) is 6.19. The van der Waals surface area contributed by atoms with Crippen molar-refractivity contribution in [1.29, 1.82) is 0 Å². The zero-order chi connectivity index (χ0) is 28.6. The summed E-state index contributed by atoms with van der Waals surface area (Å²) in [4.78, 5) is 64.6. The number of nitrogens with zero attached hydrogens (tertiary/aromatic N) is 2. The first-order valence-electron chi connectivity index (χ1n) is 12.9. The number of imide groups is 2. The lowest BCUT2D eigenvalue weighted by Gasteiger charge is -2.22. The number of allylic oxidation sites excluding steroid dienone is 1. The van der Waals surface area contributed by atoms with Crippen LogP contribution in [-0.2, 0) is 25.6 Å². The minimum absolute atomic E-state index is 0.236. The molecule has 2 aliphatic heterocycles. The normalized spacial score (nSPS) is 14.6. The maximum Gasteiger partial charge on any atom is 0.258 e. The Morgan fingerprint density at radius 2 is 1.12 bits per heavy atom. The first-order chi connectivity index (χ1) is 19.2. The smallest absolute Gasteiger partial charge is 0.258 e. The zero-order valence-electron chi connectivity index (χ0n) is 22.1. The highest BCUT2D eigenvalue weighted by Gasteiger charge is 2.30. The van der Waals surface area contributed by atoms with E-state index in [1.165, 1.54) is 24.3 Å². The standard InChI is InChI=1S/C33H26N2O5/c1-4-5-26-27(33(40)20(2)3)18-24(19-28(26)35-31(38)16-17-32(35)39)23-8-6-21(7-9-23)22-10-12-25(13-11-22)34-29(36)14-15-30(34)37/h6-19H,2,4-5H2,1,3H3. The van der Waals surface area contributed by atoms with Crippen molar-refractivity contribution in [3.8, 4) is 22.3 Å². The predicted octanol–water partition coefficient (Wildman–Crippen LogP) is 5.59. The van der Waals surface area contributed by atoms with Crippen molar-refractivity contribution in [2.45, 2.75) is 26.7 Å². The van der Waals surface area contributed by atoms with Crippen LogP contribution in [0, 0.1) is 0 Å². The molecule has 2 heterocycles. The molecule has 0 atom stereocenters. The monoisotopic (exact) mass is 530 g/mol. The Labute approximate surface area is 231 Å². The molecule has 7 nitrogen and oxygen atoms in total. The van der Waals surface area contributed by atoms with Gasteiger partial charge in [0.05, 0.1) is 11.4 Å². The van der Waals surface area contributed by atoms with Crippen LogP contribution < -0.4 is 9.80 Å². The van der Waals surface area contributed by atoms with Gasteiger partial charge in [0, 0.05) is 29.9 Å². The molecule has 2 aliphatic rings. The van der Waals surface area contributed by atoms with E-state index in [4.69, 9.17) is 0 Å². The van der Waals surface area contributed by atoms with Crippen molar-refractivity contribution in [2.24, 2.45) is 0 Å². The van der Waals surface area contributed by atoms with Crippen molar-refractivity contribution >= 4 is 40.8 Å². The third-order valence-corrected chi connectivity index (χ3v) is 6.90. The third-order valence-electron chi connectivity index (χ3n) is 6.90. The van der Waals surface area contributed by atoms with Crippen LogP contribution in [0.3, 0.4) is 0 Å². The Kier molecular flexibility index (Phi) is 6.96. The average molecular weight is 531 g/mol. The fraction of sp³-hybridized carbons (Fsp3) is 0.121. The quantitative estimate of drug-likeness (QED) is 0.215. The van der Waals surface area contributed by atoms with Gasteiger partial charge in [-0.15, -0.1) is 0 Å². The summed E-state index contributed by atoms with van der Waals surface area (Å²) in [6, 6.07) is 18.3. The van der Waals surface area contributed by atoms with Gasteiger partial charge in [0.1, 0.15) is 0 Å². The molecule has 0 aliphatic carbocycles. The van der Waals surface area contributed by atoms with Gasteiger partial charge in [-0.2, -0.15) is 0 Å². The van der Waals surface area contributed by atoms with Gasteiger partial charge in [-0.3, -0.25) is 24.0 Å². The number of hydrogen-bond acceptors (Lipinski definition) is 5. The first-order valence-corrected chi connectivity index (χ1v) is 12.9. The van der Waals surface area contributed by atoms with E-state index in [1.807, 2.05) is 43.3 Å². The number of anilines is 2. The number of hydrogen-bond donors (Lipinski definition) is 0. The van der Waals surface area contributed by atoms with E-state index in [2.05, 4.69) is 6.58 Å². The van der Waals surface area contributed by atoms with Crippen LogP contribution in [-0.4, -0.2) is 29.4 Å². The second-order valence-corrected chi connectivity index (χ2v) is 9.70. The number of Topliss-reactive ketones (excluding diaryl/α,β-unsaturated/α-hetero) is 1. The largest absolute Gasteiger partial charge is 0.289 e. The molecule has 40 heavy (non-hydrogen) atoms. The van der Waals surface area contributed by atoms with Crippen LogP contribution in [0.5, 0.6) is 0 Å². The summed E-state index contributed by atoms with van der Waals surface area (Å²) < 4.78 is 0. The second kappa shape index (κ2) is 10.5. The molecule has 0 fully saturated rings. The summed E-state index contributed by atoms with van der Waals surface area (Å²) >= 11 is 0. The van der Waals surface area contributed by atoms with Crippen LogP contribution in [0.4, 0.5) is 11.4 Å². The van der Waals surface area contributed by atoms with Crippen LogP contribution >= 0.6 is 0 Å². The number of rotatable bonds is 8. The van der Waals surface area contributed by atoms with E-state index < -0.39 is 11.8 Å². The lowest BCUT2D eigenvalue weighted by Crippen LogP contribution is -2.31. The average Bonchev–Trinajstić information content (AvgIpc) is 3.47. The van der Waals surface area contributed by atoms with Gasteiger partial charge in [0.2, 0.25) is 0 Å². The van der Waals surface area contributed by atoms with Gasteiger partial charge in [-0.1, -0.05) is 56.3 Å². The Hall–Kier alpha value is -5.17. The Bertz CT molecular complexity index is 1620. The van der Waals surface area contributed by atoms with Gasteiger partial charge in [-0.25, -0.2) is 9.80 Å². The number of carbonyl (C=O) groups excluding carboxylic acids is 5. The highest BCUT2D eigenvalue weighted by Crippen LogP contribution is 2.36. The molecule has 5 rings (SSSR count). The maximum atomic E-state index is 13.2. The number of ketones is 1. The van der Waals surface area contributed by atoms with Crippen LogP contribution in [0.2, 0.25) is 0 Å². The van der Waals surface area contributed by atoms with E-state index >= 15 is 0 Å². The van der Waals surface area contributed by atoms with Gasteiger partial charge in [-0.05, 0) is 71.0 Å². The lowest BCUT2D eigenvalue weighted by molar-refractivity contribution is -0.121. The Morgan fingerprint density at radius 1 is 0.675 bits per heavy atom. The topological polar surface area (TPSA) is 91.8 Å². The van der Waals surface area contributed by atoms with E-state index in [-0.39, 0.29) is 17.6 Å². The van der Waals surface area contributed by atoms with E-state index in [1.54, 1.807) is 31.2 Å². The fourth-order valence-electron chi connectivity index (χ4n) is 4.92. The predicted molar refractivity (Wildman–Crippen MR) is 154 cm³/mol. The molecular weight excluding hydrogens is 504 g/mol. The van der Waals surface area contributed by atoms with E-state index in [0.717, 1.165) is 32.9 Å². The second-order valence-electron chi connectivity index (χ2n) is 9.70. The maximum absolute atomic E-state index is 13.2. The van der Waals surface area contributed by atoms with Crippen LogP contribution in [0.15, 0.2) is 97.1 Å². The summed E-state index contributed by atoms with van der Waals surface area (Å²) in [5, 5.41) is 0. The van der Waals surface area contributed by atoms with Crippen molar-refractivity contribution < 1.29 is 24.0 Å². The van der Waals surface area contributed by atoms with Crippen molar-refractivity contribution in [3.05, 3.63) is 108 Å². The zero-order valence-corrected chi connectivity index (χ0v) is 22.1. The number of amides is 4. The molecule has 198 valence electrons. The van der Waals surface area contributed by atoms with Crippen LogP contribution in [0.25, 0.3) is 22.3 Å². The Morgan fingerprint density at radius 3 is 1.60 bits per heavy atom. The molecule has 3 aromatic carbocycles. The Balaban J connectivity index is 1.53. The number of carbonyl (C=O) groups is 5. The summed E-state index contributed by atoms with van der Waals surface area (Å²) in [6.45, 7) is 7.44. The molecule has 0 N–H and O–H groups in total. The molecule has 0 spiro atoms. The van der Waals surface area contributed by atoms with Crippen molar-refractivity contribution in [2.75, 3.05) is 9.80 Å². The molecule has 3 aromatic rings. The lowest BCUT2D eigenvalue weighted by atomic mass is 9.90. The van der Waals surface area contributed by atoms with Gasteiger partial charge >= 0.3 is 0 Å². The highest BCUT2D eigenvalue weighted by molar-refractivity contribution is 6.29. The molecule has 0 radical (unpaired) electrons.